The normalized spacial score (nSPS) is 25.2. The quantitative estimate of drug-likeness (QED) is 0.852. The summed E-state index contributed by atoms with van der Waals surface area (Å²) in [5.74, 6) is 0.00891. The number of halogens is 2. The van der Waals surface area contributed by atoms with Gasteiger partial charge in [-0.05, 0) is 49.3 Å². The van der Waals surface area contributed by atoms with E-state index in [1.54, 1.807) is 6.07 Å². The molecule has 4 nitrogen and oxygen atoms in total. The van der Waals surface area contributed by atoms with Crippen LogP contribution in [0, 0.1) is 11.7 Å². The van der Waals surface area contributed by atoms with Crippen molar-refractivity contribution in [3.05, 3.63) is 35.6 Å². The van der Waals surface area contributed by atoms with Gasteiger partial charge in [0.25, 0.3) is 0 Å². The zero-order chi connectivity index (χ0) is 16.2. The van der Waals surface area contributed by atoms with Crippen LogP contribution in [-0.4, -0.2) is 24.7 Å². The molecule has 1 unspecified atom stereocenters. The van der Waals surface area contributed by atoms with E-state index in [-0.39, 0.29) is 36.3 Å². The second-order valence-electron chi connectivity index (χ2n) is 6.65. The molecule has 1 aliphatic carbocycles. The molecule has 0 spiro atoms. The molecule has 0 radical (unpaired) electrons. The second-order valence-corrected chi connectivity index (χ2v) is 6.65. The minimum atomic E-state index is -0.430. The van der Waals surface area contributed by atoms with E-state index in [1.165, 1.54) is 25.0 Å². The molecule has 2 fully saturated rings. The number of rotatable bonds is 5. The Morgan fingerprint density at radius 3 is 2.67 bits per heavy atom. The Morgan fingerprint density at radius 2 is 2.04 bits per heavy atom. The summed E-state index contributed by atoms with van der Waals surface area (Å²) in [4.78, 5) is 12.6. The third kappa shape index (κ3) is 4.47. The molecule has 1 saturated heterocycles. The summed E-state index contributed by atoms with van der Waals surface area (Å²) in [6, 6.07) is 6.42. The maximum Gasteiger partial charge on any atom is 0.249 e. The molecule has 2 aliphatic rings. The van der Waals surface area contributed by atoms with Crippen LogP contribution in [0.2, 0.25) is 0 Å². The summed E-state index contributed by atoms with van der Waals surface area (Å²) in [7, 11) is 0. The summed E-state index contributed by atoms with van der Waals surface area (Å²) in [5, 5.41) is 3.12. The Labute approximate surface area is 148 Å². The molecule has 1 saturated carbocycles. The van der Waals surface area contributed by atoms with E-state index in [9.17, 15) is 9.18 Å². The SMILES string of the molecule is Cl.NC[C@H]1CC[C@@H](C(=O)NC(c2cccc(F)c2)C2CCCC2)O1. The molecule has 24 heavy (non-hydrogen) atoms. The van der Waals surface area contributed by atoms with Gasteiger partial charge in [0.2, 0.25) is 5.91 Å². The fourth-order valence-electron chi connectivity index (χ4n) is 3.78. The smallest absolute Gasteiger partial charge is 0.249 e. The largest absolute Gasteiger partial charge is 0.364 e. The van der Waals surface area contributed by atoms with Crippen LogP contribution < -0.4 is 11.1 Å². The van der Waals surface area contributed by atoms with Gasteiger partial charge in [-0.15, -0.1) is 12.4 Å². The first-order valence-electron chi connectivity index (χ1n) is 8.58. The Bertz CT molecular complexity index is 552. The number of ether oxygens (including phenoxy) is 1. The van der Waals surface area contributed by atoms with Gasteiger partial charge in [-0.1, -0.05) is 25.0 Å². The van der Waals surface area contributed by atoms with Gasteiger partial charge >= 0.3 is 0 Å². The van der Waals surface area contributed by atoms with E-state index in [4.69, 9.17) is 10.5 Å². The second kappa shape index (κ2) is 8.79. The van der Waals surface area contributed by atoms with Crippen molar-refractivity contribution >= 4 is 18.3 Å². The first kappa shape index (κ1) is 19.2. The highest BCUT2D eigenvalue weighted by Gasteiger charge is 2.34. The van der Waals surface area contributed by atoms with Gasteiger partial charge in [0.15, 0.2) is 0 Å². The topological polar surface area (TPSA) is 64.4 Å². The number of hydrogen-bond donors (Lipinski definition) is 2. The van der Waals surface area contributed by atoms with Gasteiger partial charge in [-0.2, -0.15) is 0 Å². The van der Waals surface area contributed by atoms with Crippen LogP contribution >= 0.6 is 12.4 Å². The predicted molar refractivity (Wildman–Crippen MR) is 93.4 cm³/mol. The number of nitrogens with two attached hydrogens (primary N) is 1. The fourth-order valence-corrected chi connectivity index (χ4v) is 3.78. The fraction of sp³-hybridized carbons (Fsp3) is 0.611. The number of carbonyl (C=O) groups is 1. The number of hydrogen-bond acceptors (Lipinski definition) is 3. The Balaban J connectivity index is 0.00000208. The Hall–Kier alpha value is -1.17. The monoisotopic (exact) mass is 356 g/mol. The minimum absolute atomic E-state index is 0. The lowest BCUT2D eigenvalue weighted by Crippen LogP contribution is -2.40. The molecule has 0 aromatic heterocycles. The highest BCUT2D eigenvalue weighted by Crippen LogP contribution is 2.36. The van der Waals surface area contributed by atoms with Crippen molar-refractivity contribution in [1.82, 2.24) is 5.32 Å². The van der Waals surface area contributed by atoms with Crippen LogP contribution in [0.15, 0.2) is 24.3 Å². The lowest BCUT2D eigenvalue weighted by molar-refractivity contribution is -0.133. The van der Waals surface area contributed by atoms with Crippen LogP contribution in [0.1, 0.15) is 50.1 Å². The predicted octanol–water partition coefficient (Wildman–Crippen LogP) is 3.10. The van der Waals surface area contributed by atoms with E-state index in [0.717, 1.165) is 24.8 Å². The molecule has 1 aromatic rings. The van der Waals surface area contributed by atoms with Gasteiger partial charge in [0, 0.05) is 6.54 Å². The van der Waals surface area contributed by atoms with Gasteiger partial charge in [-0.25, -0.2) is 4.39 Å². The molecule has 3 rings (SSSR count). The number of benzene rings is 1. The molecule has 134 valence electrons. The molecule has 3 atom stereocenters. The van der Waals surface area contributed by atoms with Crippen molar-refractivity contribution in [3.8, 4) is 0 Å². The van der Waals surface area contributed by atoms with Gasteiger partial charge in [0.1, 0.15) is 11.9 Å². The number of amides is 1. The summed E-state index contributed by atoms with van der Waals surface area (Å²) >= 11 is 0. The van der Waals surface area contributed by atoms with Gasteiger partial charge < -0.3 is 15.8 Å². The molecule has 3 N–H and O–H groups in total. The first-order valence-corrected chi connectivity index (χ1v) is 8.58. The van der Waals surface area contributed by atoms with Crippen molar-refractivity contribution < 1.29 is 13.9 Å². The summed E-state index contributed by atoms with van der Waals surface area (Å²) < 4.78 is 19.3. The third-order valence-corrected chi connectivity index (χ3v) is 5.04. The average molecular weight is 357 g/mol. The van der Waals surface area contributed by atoms with Crippen molar-refractivity contribution in [2.24, 2.45) is 11.7 Å². The van der Waals surface area contributed by atoms with Gasteiger partial charge in [-0.3, -0.25) is 4.79 Å². The van der Waals surface area contributed by atoms with E-state index < -0.39 is 6.10 Å². The Morgan fingerprint density at radius 1 is 1.29 bits per heavy atom. The summed E-state index contributed by atoms with van der Waals surface area (Å²) in [6.45, 7) is 0.444. The van der Waals surface area contributed by atoms with Gasteiger partial charge in [0.05, 0.1) is 12.1 Å². The molecule has 6 heteroatoms. The number of carbonyl (C=O) groups excluding carboxylic acids is 1. The van der Waals surface area contributed by atoms with Crippen molar-refractivity contribution in [3.63, 3.8) is 0 Å². The highest BCUT2D eigenvalue weighted by atomic mass is 35.5. The molecule has 1 amide bonds. The van der Waals surface area contributed by atoms with E-state index in [1.807, 2.05) is 6.07 Å². The standard InChI is InChI=1S/C18H25FN2O2.ClH/c19-14-7-3-6-13(10-14)17(12-4-1-2-5-12)21-18(22)16-9-8-15(11-20)23-16;/h3,6-7,10,12,15-17H,1-2,4-5,8-9,11,20H2,(H,21,22);1H/t15-,16+,17?;/m1./s1. The summed E-state index contributed by atoms with van der Waals surface area (Å²) in [6.07, 6.45) is 5.54. The maximum atomic E-state index is 13.6. The van der Waals surface area contributed by atoms with E-state index in [0.29, 0.717) is 18.9 Å². The zero-order valence-corrected chi connectivity index (χ0v) is 14.6. The average Bonchev–Trinajstić information content (AvgIpc) is 3.23. The third-order valence-electron chi connectivity index (χ3n) is 5.04. The van der Waals surface area contributed by atoms with Crippen LogP contribution in [0.25, 0.3) is 0 Å². The lowest BCUT2D eigenvalue weighted by atomic mass is 9.91. The summed E-state index contributed by atoms with van der Waals surface area (Å²) in [5.41, 5.74) is 6.45. The molecular weight excluding hydrogens is 331 g/mol. The zero-order valence-electron chi connectivity index (χ0n) is 13.7. The van der Waals surface area contributed by atoms with Crippen LogP contribution in [0.4, 0.5) is 4.39 Å². The highest BCUT2D eigenvalue weighted by molar-refractivity contribution is 5.85. The van der Waals surface area contributed by atoms with Crippen LogP contribution in [0.3, 0.4) is 0 Å². The molecule has 1 aromatic carbocycles. The van der Waals surface area contributed by atoms with Crippen LogP contribution in [0.5, 0.6) is 0 Å². The van der Waals surface area contributed by atoms with Crippen molar-refractivity contribution in [1.29, 1.82) is 0 Å². The molecule has 1 heterocycles. The Kier molecular flexibility index (Phi) is 7.02. The number of nitrogens with one attached hydrogen (secondary N) is 1. The lowest BCUT2D eigenvalue weighted by Gasteiger charge is -2.26. The van der Waals surface area contributed by atoms with Crippen molar-refractivity contribution in [2.45, 2.75) is 56.8 Å². The molecular formula is C18H26ClFN2O2. The maximum absolute atomic E-state index is 13.6. The first-order chi connectivity index (χ1) is 11.2. The van der Waals surface area contributed by atoms with E-state index >= 15 is 0 Å². The molecule has 0 bridgehead atoms. The molecule has 1 aliphatic heterocycles. The van der Waals surface area contributed by atoms with Crippen LogP contribution in [-0.2, 0) is 9.53 Å². The minimum Gasteiger partial charge on any atom is -0.364 e. The van der Waals surface area contributed by atoms with Crippen molar-refractivity contribution in [2.75, 3.05) is 6.54 Å². The van der Waals surface area contributed by atoms with E-state index in [2.05, 4.69) is 5.32 Å².